The van der Waals surface area contributed by atoms with Gasteiger partial charge in [-0.1, -0.05) is 39.8 Å². The van der Waals surface area contributed by atoms with Crippen molar-refractivity contribution in [1.29, 1.82) is 0 Å². The van der Waals surface area contributed by atoms with E-state index in [1.54, 1.807) is 6.92 Å². The second-order valence-corrected chi connectivity index (χ2v) is 12.4. The van der Waals surface area contributed by atoms with E-state index < -0.39 is 18.5 Å². The number of hydrogen-bond acceptors (Lipinski definition) is 6. The predicted molar refractivity (Wildman–Crippen MR) is 140 cm³/mol. The number of carbonyl (C=O) groups excluding carboxylic acids is 2. The molecule has 190 valence electrons. The molecule has 1 saturated carbocycles. The zero-order chi connectivity index (χ0) is 26.1. The van der Waals surface area contributed by atoms with Gasteiger partial charge in [0.05, 0.1) is 16.5 Å². The highest BCUT2D eigenvalue weighted by Gasteiger charge is 2.41. The van der Waals surface area contributed by atoms with Crippen LogP contribution in [0.4, 0.5) is 5.69 Å². The van der Waals surface area contributed by atoms with E-state index in [0.29, 0.717) is 9.35 Å². The summed E-state index contributed by atoms with van der Waals surface area (Å²) in [5, 5.41) is 9.70. The summed E-state index contributed by atoms with van der Waals surface area (Å²) in [4.78, 5) is 38.8. The Hall–Kier alpha value is -2.39. The van der Waals surface area contributed by atoms with Crippen molar-refractivity contribution in [3.05, 3.63) is 33.6 Å². The quantitative estimate of drug-likeness (QED) is 0.391. The van der Waals surface area contributed by atoms with Crippen LogP contribution < -0.4 is 9.64 Å². The molecule has 2 aromatic rings. The summed E-state index contributed by atoms with van der Waals surface area (Å²) in [5.41, 5.74) is 1.73. The fourth-order valence-electron chi connectivity index (χ4n) is 5.46. The highest BCUT2D eigenvalue weighted by atomic mass is 79.9. The van der Waals surface area contributed by atoms with Crippen LogP contribution in [-0.2, 0) is 14.3 Å². The molecule has 0 saturated heterocycles. The van der Waals surface area contributed by atoms with Gasteiger partial charge in [0, 0.05) is 18.7 Å². The maximum absolute atomic E-state index is 12.9. The molecular formula is C26H32BrNO6S. The molecule has 1 aliphatic rings. The van der Waals surface area contributed by atoms with Crippen LogP contribution in [0.5, 0.6) is 5.75 Å². The monoisotopic (exact) mass is 565 g/mol. The van der Waals surface area contributed by atoms with E-state index in [1.165, 1.54) is 7.11 Å². The van der Waals surface area contributed by atoms with Crippen molar-refractivity contribution in [2.75, 3.05) is 18.6 Å². The molecule has 9 heteroatoms. The topological polar surface area (TPSA) is 93.1 Å². The first-order valence-corrected chi connectivity index (χ1v) is 13.0. The van der Waals surface area contributed by atoms with Crippen LogP contribution in [0.25, 0.3) is 10.4 Å². The summed E-state index contributed by atoms with van der Waals surface area (Å²) >= 11 is 4.51. The number of methoxy groups -OCH3 is 1. The van der Waals surface area contributed by atoms with Crippen LogP contribution >= 0.6 is 27.3 Å². The fraction of sp³-hybridized carbons (Fsp3) is 0.500. The summed E-state index contributed by atoms with van der Waals surface area (Å²) < 4.78 is 10.5. The normalized spacial score (nSPS) is 17.0. The Morgan fingerprint density at radius 2 is 1.80 bits per heavy atom. The summed E-state index contributed by atoms with van der Waals surface area (Å²) in [6.45, 7) is 10.2. The molecule has 1 aromatic heterocycles. The maximum Gasteiger partial charge on any atom is 0.349 e. The first-order valence-electron chi connectivity index (χ1n) is 11.4. The van der Waals surface area contributed by atoms with Crippen LogP contribution in [0.3, 0.4) is 0 Å². The van der Waals surface area contributed by atoms with Crippen molar-refractivity contribution in [2.45, 2.75) is 59.9 Å². The summed E-state index contributed by atoms with van der Waals surface area (Å²) in [6.07, 6.45) is 2.89. The number of nitrogens with zero attached hydrogens (tertiary/aromatic N) is 1. The van der Waals surface area contributed by atoms with Crippen molar-refractivity contribution in [3.8, 4) is 16.2 Å². The Balaban J connectivity index is 2.02. The number of halogens is 1. The van der Waals surface area contributed by atoms with Gasteiger partial charge in [0.1, 0.15) is 0 Å². The van der Waals surface area contributed by atoms with Crippen LogP contribution in [0.1, 0.15) is 63.6 Å². The van der Waals surface area contributed by atoms with Gasteiger partial charge in [-0.05, 0) is 63.7 Å². The fourth-order valence-corrected chi connectivity index (χ4v) is 7.35. The number of aromatic carboxylic acids is 1. The molecule has 7 nitrogen and oxygen atoms in total. The zero-order valence-corrected chi connectivity index (χ0v) is 23.3. The van der Waals surface area contributed by atoms with E-state index in [-0.39, 0.29) is 33.4 Å². The number of carboxylic acid groups (broad SMARTS) is 1. The third-order valence-corrected chi connectivity index (χ3v) is 8.42. The number of amides is 1. The van der Waals surface area contributed by atoms with Gasteiger partial charge in [0.25, 0.3) is 0 Å². The van der Waals surface area contributed by atoms with E-state index in [2.05, 4.69) is 48.4 Å². The minimum Gasteiger partial charge on any atom is -0.479 e. The van der Waals surface area contributed by atoms with E-state index in [0.717, 1.165) is 41.9 Å². The first-order chi connectivity index (χ1) is 16.2. The number of esters is 1. The number of hydrogen-bond donors (Lipinski definition) is 1. The van der Waals surface area contributed by atoms with Crippen LogP contribution in [0.15, 0.2) is 28.7 Å². The molecule has 3 rings (SSSR count). The SMILES string of the molecule is COC(=O)COc1c(C(=O)O)sc(-c2cccc(N(C(C)=O)C3CC(C)(C)CC(C)(C)C3)c2)c1Br. The maximum atomic E-state index is 12.9. The number of rotatable bonds is 7. The largest absolute Gasteiger partial charge is 0.479 e. The highest BCUT2D eigenvalue weighted by Crippen LogP contribution is 2.49. The zero-order valence-electron chi connectivity index (χ0n) is 20.9. The summed E-state index contributed by atoms with van der Waals surface area (Å²) in [5.74, 6) is -1.72. The molecule has 1 heterocycles. The van der Waals surface area contributed by atoms with Crippen molar-refractivity contribution in [2.24, 2.45) is 10.8 Å². The average molecular weight is 567 g/mol. The van der Waals surface area contributed by atoms with Crippen LogP contribution in [0, 0.1) is 10.8 Å². The van der Waals surface area contributed by atoms with Gasteiger partial charge in [-0.3, -0.25) is 4.79 Å². The Bertz CT molecular complexity index is 1120. The van der Waals surface area contributed by atoms with Gasteiger partial charge in [-0.2, -0.15) is 0 Å². The second kappa shape index (κ2) is 10.3. The Morgan fingerprint density at radius 1 is 1.17 bits per heavy atom. The lowest BCUT2D eigenvalue weighted by Crippen LogP contribution is -2.48. The summed E-state index contributed by atoms with van der Waals surface area (Å²) in [6, 6.07) is 7.60. The molecule has 0 atom stereocenters. The molecular weight excluding hydrogens is 534 g/mol. The Kier molecular flexibility index (Phi) is 8.01. The van der Waals surface area contributed by atoms with Gasteiger partial charge in [-0.25, -0.2) is 9.59 Å². The number of carbonyl (C=O) groups is 3. The molecule has 1 aromatic carbocycles. The Morgan fingerprint density at radius 3 is 2.34 bits per heavy atom. The van der Waals surface area contributed by atoms with Crippen molar-refractivity contribution in [1.82, 2.24) is 0 Å². The average Bonchev–Trinajstić information content (AvgIpc) is 3.06. The number of benzene rings is 1. The molecule has 35 heavy (non-hydrogen) atoms. The van der Waals surface area contributed by atoms with Crippen molar-refractivity contribution in [3.63, 3.8) is 0 Å². The first kappa shape index (κ1) is 27.2. The molecule has 0 aliphatic heterocycles. The standard InChI is InChI=1S/C26H32BrNO6S/c1-15(29)28(18-11-25(2,3)14-26(4,5)12-18)17-9-7-8-16(10-17)22-20(27)21(23(35-22)24(31)32)34-13-19(30)33-6/h7-10,18H,11-14H2,1-6H3,(H,31,32). The molecule has 0 bridgehead atoms. The molecule has 1 aliphatic carbocycles. The molecule has 0 radical (unpaired) electrons. The van der Waals surface area contributed by atoms with Gasteiger partial charge in [0.2, 0.25) is 5.91 Å². The molecule has 1 fully saturated rings. The number of thiophene rings is 1. The van der Waals surface area contributed by atoms with Crippen LogP contribution in [0.2, 0.25) is 0 Å². The third kappa shape index (κ3) is 6.25. The van der Waals surface area contributed by atoms with Crippen molar-refractivity contribution < 1.29 is 29.0 Å². The molecule has 1 N–H and O–H groups in total. The minimum atomic E-state index is -1.16. The number of ether oxygens (including phenoxy) is 2. The van der Waals surface area contributed by atoms with Crippen LogP contribution in [-0.4, -0.2) is 42.7 Å². The van der Waals surface area contributed by atoms with Gasteiger partial charge < -0.3 is 19.5 Å². The minimum absolute atomic E-state index is 0.0274. The van der Waals surface area contributed by atoms with E-state index in [1.807, 2.05) is 29.2 Å². The van der Waals surface area contributed by atoms with Gasteiger partial charge in [0.15, 0.2) is 17.2 Å². The lowest BCUT2D eigenvalue weighted by atomic mass is 9.63. The van der Waals surface area contributed by atoms with Gasteiger partial charge >= 0.3 is 11.9 Å². The van der Waals surface area contributed by atoms with E-state index in [4.69, 9.17) is 4.74 Å². The molecule has 0 unspecified atom stereocenters. The Labute approximate surface area is 218 Å². The third-order valence-electron chi connectivity index (χ3n) is 6.19. The summed E-state index contributed by atoms with van der Waals surface area (Å²) in [7, 11) is 1.23. The smallest absolute Gasteiger partial charge is 0.349 e. The van der Waals surface area contributed by atoms with Crippen molar-refractivity contribution >= 4 is 50.8 Å². The highest BCUT2D eigenvalue weighted by molar-refractivity contribution is 9.10. The lowest BCUT2D eigenvalue weighted by Gasteiger charge is -2.48. The van der Waals surface area contributed by atoms with E-state index >= 15 is 0 Å². The number of anilines is 1. The predicted octanol–water partition coefficient (Wildman–Crippen LogP) is 6.39. The van der Waals surface area contributed by atoms with E-state index in [9.17, 15) is 19.5 Å². The lowest BCUT2D eigenvalue weighted by molar-refractivity contribution is -0.142. The van der Waals surface area contributed by atoms with Gasteiger partial charge in [-0.15, -0.1) is 11.3 Å². The molecule has 0 spiro atoms. The second-order valence-electron chi connectivity index (χ2n) is 10.6. The molecule has 1 amide bonds. The number of carboxylic acids is 1.